The van der Waals surface area contributed by atoms with Crippen LogP contribution in [0.1, 0.15) is 19.3 Å². The topological polar surface area (TPSA) is 40.9 Å². The summed E-state index contributed by atoms with van der Waals surface area (Å²) in [7, 11) is 0. The van der Waals surface area contributed by atoms with Gasteiger partial charge in [-0.15, -0.1) is 0 Å². The Bertz CT molecular complexity index is 224. The molecule has 0 aliphatic heterocycles. The molecule has 1 rings (SSSR count). The third-order valence-electron chi connectivity index (χ3n) is 1.86. The van der Waals surface area contributed by atoms with Crippen LogP contribution >= 0.6 is 0 Å². The van der Waals surface area contributed by atoms with Gasteiger partial charge in [0, 0.05) is 11.8 Å². The molecule has 0 saturated heterocycles. The maximum atomic E-state index is 9.86. The summed E-state index contributed by atoms with van der Waals surface area (Å²) in [6, 6.07) is 0. The van der Waals surface area contributed by atoms with Crippen LogP contribution in [0, 0.1) is 11.3 Å². The SMILES string of the molecule is N=C1C=CC(CC=C=O)CC1. The minimum absolute atomic E-state index is 0.450. The molecule has 0 amide bonds. The van der Waals surface area contributed by atoms with Gasteiger partial charge >= 0.3 is 0 Å². The van der Waals surface area contributed by atoms with Crippen molar-refractivity contribution < 1.29 is 4.79 Å². The van der Waals surface area contributed by atoms with Gasteiger partial charge in [0.25, 0.3) is 0 Å². The monoisotopic (exact) mass is 149 g/mol. The lowest BCUT2D eigenvalue weighted by Gasteiger charge is -2.13. The second kappa shape index (κ2) is 3.89. The molecule has 0 radical (unpaired) electrons. The summed E-state index contributed by atoms with van der Waals surface area (Å²) in [6.45, 7) is 0. The van der Waals surface area contributed by atoms with Crippen molar-refractivity contribution in [1.82, 2.24) is 0 Å². The van der Waals surface area contributed by atoms with Gasteiger partial charge in [-0.05, 0) is 31.3 Å². The van der Waals surface area contributed by atoms with Gasteiger partial charge in [-0.3, -0.25) is 0 Å². The van der Waals surface area contributed by atoms with E-state index in [2.05, 4.69) is 0 Å². The summed E-state index contributed by atoms with van der Waals surface area (Å²) in [6.07, 6.45) is 7.95. The number of nitrogens with one attached hydrogen (secondary N) is 1. The summed E-state index contributed by atoms with van der Waals surface area (Å²) >= 11 is 0. The van der Waals surface area contributed by atoms with E-state index in [1.165, 1.54) is 6.08 Å². The molecule has 1 N–H and O–H groups in total. The van der Waals surface area contributed by atoms with Gasteiger partial charge in [-0.1, -0.05) is 6.08 Å². The molecule has 0 heterocycles. The molecule has 1 unspecified atom stereocenters. The Morgan fingerprint density at radius 2 is 2.64 bits per heavy atom. The normalized spacial score (nSPS) is 22.9. The van der Waals surface area contributed by atoms with Crippen molar-refractivity contribution in [3.63, 3.8) is 0 Å². The van der Waals surface area contributed by atoms with E-state index in [9.17, 15) is 4.79 Å². The fourth-order valence-corrected chi connectivity index (χ4v) is 1.17. The molecule has 11 heavy (non-hydrogen) atoms. The van der Waals surface area contributed by atoms with Crippen LogP contribution in [0.2, 0.25) is 0 Å². The summed E-state index contributed by atoms with van der Waals surface area (Å²) in [5, 5.41) is 7.28. The van der Waals surface area contributed by atoms with Crippen molar-refractivity contribution in [2.45, 2.75) is 19.3 Å². The average molecular weight is 149 g/mol. The first-order valence-electron chi connectivity index (χ1n) is 3.78. The zero-order valence-electron chi connectivity index (χ0n) is 6.34. The maximum Gasteiger partial charge on any atom is 0.120 e. The fourth-order valence-electron chi connectivity index (χ4n) is 1.17. The summed E-state index contributed by atoms with van der Waals surface area (Å²) < 4.78 is 0. The predicted octanol–water partition coefficient (Wildman–Crippen LogP) is 1.75. The molecule has 0 fully saturated rings. The van der Waals surface area contributed by atoms with Gasteiger partial charge in [-0.25, -0.2) is 4.79 Å². The quantitative estimate of drug-likeness (QED) is 0.597. The van der Waals surface area contributed by atoms with Crippen molar-refractivity contribution in [3.05, 3.63) is 18.2 Å². The van der Waals surface area contributed by atoms with E-state index in [0.29, 0.717) is 11.6 Å². The van der Waals surface area contributed by atoms with Gasteiger partial charge in [-0.2, -0.15) is 0 Å². The zero-order valence-corrected chi connectivity index (χ0v) is 6.34. The Kier molecular flexibility index (Phi) is 2.82. The third-order valence-corrected chi connectivity index (χ3v) is 1.86. The third kappa shape index (κ3) is 2.52. The first-order valence-corrected chi connectivity index (χ1v) is 3.78. The van der Waals surface area contributed by atoms with Crippen LogP contribution in [0.15, 0.2) is 18.2 Å². The molecule has 0 spiro atoms. The first kappa shape index (κ1) is 7.96. The van der Waals surface area contributed by atoms with Crippen molar-refractivity contribution in [2.75, 3.05) is 0 Å². The van der Waals surface area contributed by atoms with Crippen molar-refractivity contribution in [3.8, 4) is 0 Å². The molecular formula is C9H11NO. The summed E-state index contributed by atoms with van der Waals surface area (Å²) in [4.78, 5) is 9.86. The van der Waals surface area contributed by atoms with Crippen LogP contribution < -0.4 is 0 Å². The highest BCUT2D eigenvalue weighted by Crippen LogP contribution is 2.18. The molecule has 0 aromatic rings. The van der Waals surface area contributed by atoms with Gasteiger partial charge in [0.15, 0.2) is 0 Å². The average Bonchev–Trinajstić information content (AvgIpc) is 2.04. The molecule has 58 valence electrons. The van der Waals surface area contributed by atoms with E-state index in [1.54, 1.807) is 5.94 Å². The van der Waals surface area contributed by atoms with Crippen LogP contribution in [0.3, 0.4) is 0 Å². The van der Waals surface area contributed by atoms with Gasteiger partial charge < -0.3 is 5.41 Å². The Labute approximate surface area is 66.1 Å². The number of allylic oxidation sites excluding steroid dienone is 3. The molecule has 1 atom stereocenters. The maximum absolute atomic E-state index is 9.86. The Hall–Kier alpha value is -1.14. The minimum Gasteiger partial charge on any atom is -0.305 e. The summed E-state index contributed by atoms with van der Waals surface area (Å²) in [5.74, 6) is 2.21. The second-order valence-electron chi connectivity index (χ2n) is 2.74. The lowest BCUT2D eigenvalue weighted by Crippen LogP contribution is -2.05. The molecule has 0 aromatic heterocycles. The van der Waals surface area contributed by atoms with Gasteiger partial charge in [0.2, 0.25) is 0 Å². The zero-order chi connectivity index (χ0) is 8.10. The minimum atomic E-state index is 0.450. The molecule has 0 bridgehead atoms. The number of hydrogen-bond donors (Lipinski definition) is 1. The van der Waals surface area contributed by atoms with E-state index in [4.69, 9.17) is 5.41 Å². The van der Waals surface area contributed by atoms with Crippen LogP contribution in [0.5, 0.6) is 0 Å². The van der Waals surface area contributed by atoms with E-state index >= 15 is 0 Å². The summed E-state index contributed by atoms with van der Waals surface area (Å²) in [5.41, 5.74) is 0.691. The molecule has 0 aromatic carbocycles. The molecule has 2 heteroatoms. The number of carbonyl (C=O) groups excluding carboxylic acids is 1. The standard InChI is InChI=1S/C9H11NO/c10-9-5-3-8(4-6-9)2-1-7-11/h1,3,5,8,10H,2,4,6H2. The lowest BCUT2D eigenvalue weighted by atomic mass is 9.92. The molecule has 0 saturated carbocycles. The van der Waals surface area contributed by atoms with Gasteiger partial charge in [0.05, 0.1) is 0 Å². The highest BCUT2D eigenvalue weighted by Gasteiger charge is 2.08. The highest BCUT2D eigenvalue weighted by molar-refractivity contribution is 5.92. The Morgan fingerprint density at radius 1 is 1.82 bits per heavy atom. The largest absolute Gasteiger partial charge is 0.305 e. The number of hydrogen-bond acceptors (Lipinski definition) is 2. The van der Waals surface area contributed by atoms with Crippen molar-refractivity contribution in [2.24, 2.45) is 5.92 Å². The molecule has 1 aliphatic rings. The van der Waals surface area contributed by atoms with Gasteiger partial charge in [0.1, 0.15) is 5.94 Å². The molecule has 1 aliphatic carbocycles. The number of rotatable bonds is 2. The van der Waals surface area contributed by atoms with E-state index in [-0.39, 0.29) is 0 Å². The first-order chi connectivity index (χ1) is 5.33. The highest BCUT2D eigenvalue weighted by atomic mass is 16.1. The lowest BCUT2D eigenvalue weighted by molar-refractivity contribution is 0.563. The molecular weight excluding hydrogens is 138 g/mol. The fraction of sp³-hybridized carbons (Fsp3) is 0.444. The van der Waals surface area contributed by atoms with Crippen LogP contribution in [0.25, 0.3) is 0 Å². The molecule has 2 nitrogen and oxygen atoms in total. The smallest absolute Gasteiger partial charge is 0.120 e. The Morgan fingerprint density at radius 3 is 3.18 bits per heavy atom. The van der Waals surface area contributed by atoms with Crippen LogP contribution in [-0.4, -0.2) is 11.7 Å². The predicted molar refractivity (Wildman–Crippen MR) is 44.5 cm³/mol. The van der Waals surface area contributed by atoms with Crippen LogP contribution in [0.4, 0.5) is 0 Å². The second-order valence-corrected chi connectivity index (χ2v) is 2.74. The van der Waals surface area contributed by atoms with Crippen molar-refractivity contribution >= 4 is 11.7 Å². The van der Waals surface area contributed by atoms with Crippen molar-refractivity contribution in [1.29, 1.82) is 5.41 Å². The van der Waals surface area contributed by atoms with E-state index in [1.807, 2.05) is 12.2 Å². The van der Waals surface area contributed by atoms with Crippen LogP contribution in [-0.2, 0) is 4.79 Å². The van der Waals surface area contributed by atoms with E-state index in [0.717, 1.165) is 19.3 Å². The Balaban J connectivity index is 2.44. The van der Waals surface area contributed by atoms with E-state index < -0.39 is 0 Å².